The minimum Gasteiger partial charge on any atom is -0.390 e. The summed E-state index contributed by atoms with van der Waals surface area (Å²) in [6.45, 7) is 7.22. The summed E-state index contributed by atoms with van der Waals surface area (Å²) < 4.78 is 0. The second-order valence-corrected chi connectivity index (χ2v) is 6.97. The maximum Gasteiger partial charge on any atom is 0.255 e. The number of aliphatic hydroxyl groups is 1. The lowest BCUT2D eigenvalue weighted by molar-refractivity contribution is -0.0439. The summed E-state index contributed by atoms with van der Waals surface area (Å²) in [6, 6.07) is 7.94. The van der Waals surface area contributed by atoms with E-state index in [-0.39, 0.29) is 11.8 Å². The third-order valence-corrected chi connectivity index (χ3v) is 5.31. The molecule has 0 saturated carbocycles. The van der Waals surface area contributed by atoms with Crippen LogP contribution in [0.25, 0.3) is 0 Å². The smallest absolute Gasteiger partial charge is 0.255 e. The van der Waals surface area contributed by atoms with E-state index in [1.807, 2.05) is 36.9 Å². The van der Waals surface area contributed by atoms with E-state index in [4.69, 9.17) is 0 Å². The van der Waals surface area contributed by atoms with Crippen molar-refractivity contribution in [3.8, 4) is 0 Å². The van der Waals surface area contributed by atoms with Gasteiger partial charge in [0.2, 0.25) is 0 Å². The first-order valence-corrected chi connectivity index (χ1v) is 8.35. The highest BCUT2D eigenvalue weighted by atomic mass is 16.3. The van der Waals surface area contributed by atoms with Crippen molar-refractivity contribution in [2.45, 2.75) is 38.7 Å². The number of nitrogens with zero attached hydrogens (tertiary/aromatic N) is 2. The van der Waals surface area contributed by atoms with Gasteiger partial charge in [-0.3, -0.25) is 4.79 Å². The predicted molar refractivity (Wildman–Crippen MR) is 88.2 cm³/mol. The molecule has 0 aromatic heterocycles. The molecule has 2 aliphatic rings. The van der Waals surface area contributed by atoms with Crippen LogP contribution in [0.4, 0.5) is 5.69 Å². The lowest BCUT2D eigenvalue weighted by Crippen LogP contribution is -2.51. The van der Waals surface area contributed by atoms with Crippen LogP contribution < -0.4 is 4.90 Å². The molecule has 0 bridgehead atoms. The van der Waals surface area contributed by atoms with E-state index < -0.39 is 5.60 Å². The lowest BCUT2D eigenvalue weighted by Gasteiger charge is -2.41. The Kier molecular flexibility index (Phi) is 4.13. The summed E-state index contributed by atoms with van der Waals surface area (Å²) in [5, 5.41) is 10.3. The molecular weight excluding hydrogens is 276 g/mol. The van der Waals surface area contributed by atoms with E-state index in [1.165, 1.54) is 12.8 Å². The van der Waals surface area contributed by atoms with Crippen molar-refractivity contribution in [2.75, 3.05) is 31.1 Å². The Bertz CT molecular complexity index is 550. The van der Waals surface area contributed by atoms with Crippen LogP contribution in [-0.4, -0.2) is 47.7 Å². The molecular formula is C18H26N2O2. The van der Waals surface area contributed by atoms with Crippen LogP contribution in [0.3, 0.4) is 0 Å². The Morgan fingerprint density at radius 3 is 2.59 bits per heavy atom. The van der Waals surface area contributed by atoms with Gasteiger partial charge in [0.25, 0.3) is 5.91 Å². The monoisotopic (exact) mass is 302 g/mol. The van der Waals surface area contributed by atoms with Gasteiger partial charge in [-0.15, -0.1) is 0 Å². The highest BCUT2D eigenvalue weighted by Gasteiger charge is 2.37. The van der Waals surface area contributed by atoms with E-state index in [0.717, 1.165) is 24.3 Å². The molecule has 2 aliphatic heterocycles. The minimum atomic E-state index is -0.661. The van der Waals surface area contributed by atoms with E-state index >= 15 is 0 Å². The predicted octanol–water partition coefficient (Wildman–Crippen LogP) is 2.52. The van der Waals surface area contributed by atoms with Crippen LogP contribution >= 0.6 is 0 Å². The molecule has 0 unspecified atom stereocenters. The quantitative estimate of drug-likeness (QED) is 0.913. The van der Waals surface area contributed by atoms with Crippen molar-refractivity contribution in [3.63, 3.8) is 0 Å². The number of hydrogen-bond acceptors (Lipinski definition) is 3. The average molecular weight is 302 g/mol. The second-order valence-electron chi connectivity index (χ2n) is 6.97. The summed E-state index contributed by atoms with van der Waals surface area (Å²) in [5.74, 6) is 0.203. The molecule has 4 heteroatoms. The Hall–Kier alpha value is -1.55. The SMILES string of the molecule is C[C@@H]1CN(C(=O)c2ccccc2N2CCCC2)CC[C@]1(C)O. The number of carbonyl (C=O) groups is 1. The van der Waals surface area contributed by atoms with Crippen molar-refractivity contribution >= 4 is 11.6 Å². The second kappa shape index (κ2) is 5.92. The van der Waals surface area contributed by atoms with E-state index in [1.54, 1.807) is 0 Å². The molecule has 4 nitrogen and oxygen atoms in total. The summed E-state index contributed by atoms with van der Waals surface area (Å²) in [5.41, 5.74) is 1.21. The molecule has 1 N–H and O–H groups in total. The van der Waals surface area contributed by atoms with E-state index in [0.29, 0.717) is 19.5 Å². The fourth-order valence-electron chi connectivity index (χ4n) is 3.47. The first-order valence-electron chi connectivity index (χ1n) is 8.35. The molecule has 120 valence electrons. The van der Waals surface area contributed by atoms with Gasteiger partial charge in [-0.2, -0.15) is 0 Å². The van der Waals surface area contributed by atoms with Gasteiger partial charge in [-0.1, -0.05) is 19.1 Å². The molecule has 2 atom stereocenters. The van der Waals surface area contributed by atoms with Gasteiger partial charge < -0.3 is 14.9 Å². The fourth-order valence-corrected chi connectivity index (χ4v) is 3.47. The average Bonchev–Trinajstić information content (AvgIpc) is 3.03. The van der Waals surface area contributed by atoms with Crippen LogP contribution in [0.15, 0.2) is 24.3 Å². The third kappa shape index (κ3) is 2.84. The summed E-state index contributed by atoms with van der Waals surface area (Å²) in [7, 11) is 0. The van der Waals surface area contributed by atoms with Crippen molar-refractivity contribution in [1.82, 2.24) is 4.90 Å². The fraction of sp³-hybridized carbons (Fsp3) is 0.611. The summed E-state index contributed by atoms with van der Waals surface area (Å²) >= 11 is 0. The van der Waals surface area contributed by atoms with Crippen LogP contribution in [0.1, 0.15) is 43.5 Å². The number of amides is 1. The number of anilines is 1. The lowest BCUT2D eigenvalue weighted by atomic mass is 9.83. The van der Waals surface area contributed by atoms with Gasteiger partial charge >= 0.3 is 0 Å². The van der Waals surface area contributed by atoms with Crippen molar-refractivity contribution in [1.29, 1.82) is 0 Å². The van der Waals surface area contributed by atoms with Gasteiger partial charge in [-0.05, 0) is 38.3 Å². The molecule has 1 amide bonds. The number of likely N-dealkylation sites (tertiary alicyclic amines) is 1. The number of rotatable bonds is 2. The summed E-state index contributed by atoms with van der Waals surface area (Å²) in [6.07, 6.45) is 3.05. The Balaban J connectivity index is 1.81. The van der Waals surface area contributed by atoms with Crippen molar-refractivity contribution < 1.29 is 9.90 Å². The number of benzene rings is 1. The standard InChI is InChI=1S/C18H26N2O2/c1-14-13-20(12-9-18(14,2)22)17(21)15-7-3-4-8-16(15)19-10-5-6-11-19/h3-4,7-8,14,22H,5-6,9-13H2,1-2H3/t14-,18+/m1/s1. The van der Waals surface area contributed by atoms with Gasteiger partial charge in [0, 0.05) is 37.8 Å². The van der Waals surface area contributed by atoms with Crippen LogP contribution in [-0.2, 0) is 0 Å². The number of piperidine rings is 1. The zero-order valence-corrected chi connectivity index (χ0v) is 13.6. The normalized spacial score (nSPS) is 29.0. The largest absolute Gasteiger partial charge is 0.390 e. The molecule has 0 spiro atoms. The molecule has 3 rings (SSSR count). The van der Waals surface area contributed by atoms with Crippen LogP contribution in [0.5, 0.6) is 0 Å². The zero-order chi connectivity index (χ0) is 15.7. The zero-order valence-electron chi connectivity index (χ0n) is 13.6. The minimum absolute atomic E-state index is 0.101. The molecule has 0 aliphatic carbocycles. The Morgan fingerprint density at radius 2 is 1.91 bits per heavy atom. The maximum absolute atomic E-state index is 13.0. The highest BCUT2D eigenvalue weighted by Crippen LogP contribution is 2.30. The first kappa shape index (κ1) is 15.3. The maximum atomic E-state index is 13.0. The van der Waals surface area contributed by atoms with E-state index in [2.05, 4.69) is 11.0 Å². The van der Waals surface area contributed by atoms with Gasteiger partial charge in [0.15, 0.2) is 0 Å². The molecule has 1 aromatic rings. The van der Waals surface area contributed by atoms with Crippen LogP contribution in [0, 0.1) is 5.92 Å². The summed E-state index contributed by atoms with van der Waals surface area (Å²) in [4.78, 5) is 17.2. The molecule has 1 aromatic carbocycles. The van der Waals surface area contributed by atoms with Gasteiger partial charge in [0.1, 0.15) is 0 Å². The number of para-hydroxylation sites is 1. The third-order valence-electron chi connectivity index (χ3n) is 5.31. The number of carbonyl (C=O) groups excluding carboxylic acids is 1. The van der Waals surface area contributed by atoms with Crippen LogP contribution in [0.2, 0.25) is 0 Å². The van der Waals surface area contributed by atoms with Gasteiger partial charge in [-0.25, -0.2) is 0 Å². The molecule has 2 saturated heterocycles. The molecule has 2 fully saturated rings. The highest BCUT2D eigenvalue weighted by molar-refractivity contribution is 6.00. The Morgan fingerprint density at radius 1 is 1.23 bits per heavy atom. The molecule has 0 radical (unpaired) electrons. The Labute approximate surface area is 132 Å². The van der Waals surface area contributed by atoms with Crippen molar-refractivity contribution in [3.05, 3.63) is 29.8 Å². The topological polar surface area (TPSA) is 43.8 Å². The number of hydrogen-bond donors (Lipinski definition) is 1. The van der Waals surface area contributed by atoms with E-state index in [9.17, 15) is 9.90 Å². The van der Waals surface area contributed by atoms with Crippen molar-refractivity contribution in [2.24, 2.45) is 5.92 Å². The molecule has 2 heterocycles. The van der Waals surface area contributed by atoms with Gasteiger partial charge in [0.05, 0.1) is 11.2 Å². The first-order chi connectivity index (χ1) is 10.5. The molecule has 22 heavy (non-hydrogen) atoms.